The summed E-state index contributed by atoms with van der Waals surface area (Å²) in [4.78, 5) is 29.3. The van der Waals surface area contributed by atoms with Crippen molar-refractivity contribution in [2.75, 3.05) is 19.8 Å². The van der Waals surface area contributed by atoms with E-state index in [-0.39, 0.29) is 18.8 Å². The number of nitrogens with zero attached hydrogens (tertiary/aromatic N) is 2. The quantitative estimate of drug-likeness (QED) is 0.805. The fourth-order valence-electron chi connectivity index (χ4n) is 3.29. The van der Waals surface area contributed by atoms with E-state index < -0.39 is 22.8 Å². The fraction of sp³-hybridized carbons (Fsp3) is 0.421. The number of fused-ring (bicyclic) bond motifs is 2. The van der Waals surface area contributed by atoms with Gasteiger partial charge in [0.15, 0.2) is 17.2 Å². The molecular formula is C19H21N3O6. The minimum atomic E-state index is -0.837. The third kappa shape index (κ3) is 3.18. The number of hydrogen-bond acceptors (Lipinski definition) is 7. The second-order valence-corrected chi connectivity index (χ2v) is 7.11. The van der Waals surface area contributed by atoms with E-state index in [1.807, 2.05) is 0 Å². The molecule has 0 atom stereocenters. The zero-order valence-electron chi connectivity index (χ0n) is 15.7. The van der Waals surface area contributed by atoms with Crippen molar-refractivity contribution in [3.8, 4) is 17.2 Å². The molecule has 3 heterocycles. The van der Waals surface area contributed by atoms with E-state index >= 15 is 0 Å². The van der Waals surface area contributed by atoms with Crippen molar-refractivity contribution < 1.29 is 24.1 Å². The fourth-order valence-corrected chi connectivity index (χ4v) is 3.29. The van der Waals surface area contributed by atoms with Crippen LogP contribution in [0.15, 0.2) is 23.0 Å². The number of benzene rings is 1. The third-order valence-corrected chi connectivity index (χ3v) is 4.74. The molecule has 2 aliphatic rings. The smallest absolute Gasteiger partial charge is 0.296 e. The van der Waals surface area contributed by atoms with Crippen LogP contribution in [-0.4, -0.2) is 40.4 Å². The van der Waals surface area contributed by atoms with Crippen molar-refractivity contribution in [1.29, 1.82) is 0 Å². The summed E-state index contributed by atoms with van der Waals surface area (Å²) in [5, 5.41) is 12.9. The largest absolute Gasteiger partial charge is 0.501 e. The molecule has 0 fully saturated rings. The summed E-state index contributed by atoms with van der Waals surface area (Å²) in [7, 11) is 0. The van der Waals surface area contributed by atoms with Crippen molar-refractivity contribution in [2.24, 2.45) is 0 Å². The summed E-state index contributed by atoms with van der Waals surface area (Å²) < 4.78 is 18.0. The van der Waals surface area contributed by atoms with Crippen molar-refractivity contribution in [3.05, 3.63) is 45.6 Å². The molecule has 0 aliphatic carbocycles. The van der Waals surface area contributed by atoms with Crippen LogP contribution in [0.1, 0.15) is 35.7 Å². The van der Waals surface area contributed by atoms with E-state index in [4.69, 9.17) is 14.2 Å². The van der Waals surface area contributed by atoms with E-state index in [0.717, 1.165) is 5.56 Å². The molecule has 4 rings (SSSR count). The summed E-state index contributed by atoms with van der Waals surface area (Å²) >= 11 is 0. The first kappa shape index (κ1) is 18.3. The molecule has 1 aromatic heterocycles. The van der Waals surface area contributed by atoms with E-state index in [9.17, 15) is 14.7 Å². The van der Waals surface area contributed by atoms with Crippen LogP contribution in [0, 0.1) is 0 Å². The zero-order valence-corrected chi connectivity index (χ0v) is 15.7. The highest BCUT2D eigenvalue weighted by molar-refractivity contribution is 5.94. The Balaban J connectivity index is 1.57. The molecule has 2 aliphatic heterocycles. The normalized spacial score (nSPS) is 16.9. The lowest BCUT2D eigenvalue weighted by Gasteiger charge is -2.32. The highest BCUT2D eigenvalue weighted by Crippen LogP contribution is 2.31. The number of carbonyl (C=O) groups excluding carboxylic acids is 1. The molecule has 0 saturated heterocycles. The Morgan fingerprint density at radius 1 is 1.25 bits per heavy atom. The third-order valence-electron chi connectivity index (χ3n) is 4.74. The van der Waals surface area contributed by atoms with E-state index in [2.05, 4.69) is 10.3 Å². The van der Waals surface area contributed by atoms with Gasteiger partial charge in [0.25, 0.3) is 11.5 Å². The standard InChI is InChI=1S/C19H21N3O6/c1-19(2)18-21-14(15(23)17(25)22(18)5-6-28-19)16(24)20-10-11-3-4-12-13(9-11)27-8-7-26-12/h3-4,9,23H,5-8,10H2,1-2H3,(H,20,24). The van der Waals surface area contributed by atoms with Crippen LogP contribution >= 0.6 is 0 Å². The maximum atomic E-state index is 12.6. The second-order valence-electron chi connectivity index (χ2n) is 7.11. The Bertz CT molecular complexity index is 998. The number of ether oxygens (including phenoxy) is 3. The van der Waals surface area contributed by atoms with Gasteiger partial charge in [-0.15, -0.1) is 0 Å². The number of rotatable bonds is 3. The predicted molar refractivity (Wildman–Crippen MR) is 97.7 cm³/mol. The van der Waals surface area contributed by atoms with Crippen molar-refractivity contribution in [3.63, 3.8) is 0 Å². The lowest BCUT2D eigenvalue weighted by atomic mass is 10.1. The number of carbonyl (C=O) groups is 1. The Labute approximate surface area is 160 Å². The molecule has 2 N–H and O–H groups in total. The van der Waals surface area contributed by atoms with Gasteiger partial charge in [-0.3, -0.25) is 14.2 Å². The molecule has 9 heteroatoms. The monoisotopic (exact) mass is 387 g/mol. The van der Waals surface area contributed by atoms with Crippen LogP contribution in [0.5, 0.6) is 17.2 Å². The van der Waals surface area contributed by atoms with Gasteiger partial charge in [-0.1, -0.05) is 6.07 Å². The van der Waals surface area contributed by atoms with Crippen LogP contribution < -0.4 is 20.3 Å². The minimum absolute atomic E-state index is 0.176. The average molecular weight is 387 g/mol. The molecule has 148 valence electrons. The maximum Gasteiger partial charge on any atom is 0.296 e. The van der Waals surface area contributed by atoms with Crippen LogP contribution in [-0.2, 0) is 23.4 Å². The van der Waals surface area contributed by atoms with Gasteiger partial charge >= 0.3 is 0 Å². The summed E-state index contributed by atoms with van der Waals surface area (Å²) in [6.45, 7) is 5.28. The SMILES string of the molecule is CC1(C)OCCn2c1nc(C(=O)NCc1ccc3c(c1)OCCO3)c(O)c2=O. The van der Waals surface area contributed by atoms with Gasteiger partial charge in [-0.05, 0) is 31.5 Å². The van der Waals surface area contributed by atoms with Crippen LogP contribution in [0.25, 0.3) is 0 Å². The zero-order chi connectivity index (χ0) is 19.9. The van der Waals surface area contributed by atoms with Crippen molar-refractivity contribution >= 4 is 5.91 Å². The van der Waals surface area contributed by atoms with E-state index in [1.165, 1.54) is 4.57 Å². The van der Waals surface area contributed by atoms with Crippen LogP contribution in [0.3, 0.4) is 0 Å². The molecule has 0 bridgehead atoms. The van der Waals surface area contributed by atoms with Gasteiger partial charge in [-0.25, -0.2) is 4.98 Å². The lowest BCUT2D eigenvalue weighted by molar-refractivity contribution is -0.0566. The molecule has 9 nitrogen and oxygen atoms in total. The molecule has 1 aromatic carbocycles. The first-order valence-corrected chi connectivity index (χ1v) is 9.02. The van der Waals surface area contributed by atoms with Gasteiger partial charge in [0.2, 0.25) is 5.75 Å². The number of nitrogens with one attached hydrogen (secondary N) is 1. The molecule has 28 heavy (non-hydrogen) atoms. The molecule has 2 aromatic rings. The van der Waals surface area contributed by atoms with Gasteiger partial charge in [0.05, 0.1) is 13.2 Å². The minimum Gasteiger partial charge on any atom is -0.501 e. The molecule has 0 radical (unpaired) electrons. The van der Waals surface area contributed by atoms with Crippen molar-refractivity contribution in [2.45, 2.75) is 32.5 Å². The Morgan fingerprint density at radius 3 is 2.79 bits per heavy atom. The van der Waals surface area contributed by atoms with Crippen LogP contribution in [0.4, 0.5) is 0 Å². The molecular weight excluding hydrogens is 366 g/mol. The highest BCUT2D eigenvalue weighted by atomic mass is 16.6. The second kappa shape index (κ2) is 6.83. The number of aromatic hydroxyl groups is 1. The summed E-state index contributed by atoms with van der Waals surface area (Å²) in [6, 6.07) is 5.36. The van der Waals surface area contributed by atoms with Gasteiger partial charge in [-0.2, -0.15) is 0 Å². The first-order valence-electron chi connectivity index (χ1n) is 9.02. The van der Waals surface area contributed by atoms with Gasteiger partial charge in [0.1, 0.15) is 24.6 Å². The molecule has 0 unspecified atom stereocenters. The highest BCUT2D eigenvalue weighted by Gasteiger charge is 2.34. The molecule has 1 amide bonds. The topological polar surface area (TPSA) is 112 Å². The summed E-state index contributed by atoms with van der Waals surface area (Å²) in [6.07, 6.45) is 0. The Morgan fingerprint density at radius 2 is 2.00 bits per heavy atom. The van der Waals surface area contributed by atoms with Gasteiger partial charge < -0.3 is 24.6 Å². The summed E-state index contributed by atoms with van der Waals surface area (Å²) in [5.41, 5.74) is -1.01. The number of aromatic nitrogens is 2. The van der Waals surface area contributed by atoms with E-state index in [0.29, 0.717) is 37.1 Å². The first-order chi connectivity index (χ1) is 13.4. The number of amides is 1. The van der Waals surface area contributed by atoms with Crippen molar-refractivity contribution in [1.82, 2.24) is 14.9 Å². The number of hydrogen-bond donors (Lipinski definition) is 2. The predicted octanol–water partition coefficient (Wildman–Crippen LogP) is 0.915. The molecule has 0 spiro atoms. The average Bonchev–Trinajstić information content (AvgIpc) is 2.68. The maximum absolute atomic E-state index is 12.6. The Hall–Kier alpha value is -3.07. The molecule has 0 saturated carbocycles. The summed E-state index contributed by atoms with van der Waals surface area (Å²) in [5.74, 6) is 0.275. The van der Waals surface area contributed by atoms with Crippen LogP contribution in [0.2, 0.25) is 0 Å². The van der Waals surface area contributed by atoms with Gasteiger partial charge in [0, 0.05) is 6.54 Å². The van der Waals surface area contributed by atoms with E-state index in [1.54, 1.807) is 32.0 Å². The Kier molecular flexibility index (Phi) is 4.46. The lowest BCUT2D eigenvalue weighted by Crippen LogP contribution is -2.42.